The number of nitrogens with zero attached hydrogens (tertiary/aromatic N) is 2. The van der Waals surface area contributed by atoms with Gasteiger partial charge in [0.15, 0.2) is 0 Å². The molecule has 2 rings (SSSR count). The van der Waals surface area contributed by atoms with Crippen LogP contribution in [0.3, 0.4) is 0 Å². The summed E-state index contributed by atoms with van der Waals surface area (Å²) in [5.41, 5.74) is 2.10. The average molecular weight is 500 g/mol. The first-order valence-corrected chi connectivity index (χ1v) is 12.6. The number of carbonyl (C=O) groups excluding carboxylic acids is 2. The molecule has 0 aliphatic carbocycles. The van der Waals surface area contributed by atoms with Crippen LogP contribution in [0.1, 0.15) is 24.5 Å². The van der Waals surface area contributed by atoms with E-state index < -0.39 is 28.5 Å². The van der Waals surface area contributed by atoms with Gasteiger partial charge in [-0.3, -0.25) is 13.9 Å². The van der Waals surface area contributed by atoms with Crippen LogP contribution in [0.4, 0.5) is 5.69 Å². The summed E-state index contributed by atoms with van der Waals surface area (Å²) in [6.45, 7) is 3.41. The molecule has 1 N–H and O–H groups in total. The third-order valence-corrected chi connectivity index (χ3v) is 6.86. The van der Waals surface area contributed by atoms with E-state index in [1.54, 1.807) is 6.92 Å². The van der Waals surface area contributed by atoms with Crippen molar-refractivity contribution < 1.29 is 18.0 Å². The van der Waals surface area contributed by atoms with E-state index in [1.165, 1.54) is 30.1 Å². The monoisotopic (exact) mass is 499 g/mol. The molecule has 0 saturated carbocycles. The largest absolute Gasteiger partial charge is 0.357 e. The predicted molar refractivity (Wildman–Crippen MR) is 129 cm³/mol. The molecule has 0 fully saturated rings. The molecule has 174 valence electrons. The van der Waals surface area contributed by atoms with Crippen molar-refractivity contribution in [2.24, 2.45) is 0 Å². The predicted octanol–water partition coefficient (Wildman–Crippen LogP) is 3.62. The van der Waals surface area contributed by atoms with Crippen molar-refractivity contribution in [1.82, 2.24) is 10.2 Å². The number of benzene rings is 2. The summed E-state index contributed by atoms with van der Waals surface area (Å²) >= 11 is 12.0. The minimum atomic E-state index is -3.83. The smallest absolute Gasteiger partial charge is 0.244 e. The molecular formula is C22H27Cl2N3O4S. The molecule has 7 nitrogen and oxygen atoms in total. The van der Waals surface area contributed by atoms with Crippen LogP contribution < -0.4 is 9.62 Å². The van der Waals surface area contributed by atoms with E-state index in [9.17, 15) is 18.0 Å². The van der Waals surface area contributed by atoms with Crippen LogP contribution in [0, 0.1) is 6.92 Å². The van der Waals surface area contributed by atoms with E-state index >= 15 is 0 Å². The highest BCUT2D eigenvalue weighted by molar-refractivity contribution is 7.92. The van der Waals surface area contributed by atoms with Crippen LogP contribution in [0.2, 0.25) is 10.0 Å². The van der Waals surface area contributed by atoms with Crippen molar-refractivity contribution in [1.29, 1.82) is 0 Å². The molecule has 0 heterocycles. The van der Waals surface area contributed by atoms with Crippen LogP contribution in [0.5, 0.6) is 0 Å². The van der Waals surface area contributed by atoms with E-state index in [0.29, 0.717) is 6.42 Å². The van der Waals surface area contributed by atoms with Gasteiger partial charge in [-0.2, -0.15) is 0 Å². The van der Waals surface area contributed by atoms with Crippen molar-refractivity contribution in [2.45, 2.75) is 32.9 Å². The number of nitrogens with one attached hydrogen (secondary N) is 1. The molecule has 0 spiro atoms. The minimum Gasteiger partial charge on any atom is -0.357 e. The van der Waals surface area contributed by atoms with Crippen LogP contribution >= 0.6 is 23.2 Å². The lowest BCUT2D eigenvalue weighted by atomic mass is 10.1. The van der Waals surface area contributed by atoms with E-state index in [4.69, 9.17) is 23.2 Å². The first-order valence-electron chi connectivity index (χ1n) is 9.97. The van der Waals surface area contributed by atoms with Gasteiger partial charge >= 0.3 is 0 Å². The highest BCUT2D eigenvalue weighted by atomic mass is 35.5. The highest BCUT2D eigenvalue weighted by Crippen LogP contribution is 2.28. The Kier molecular flexibility index (Phi) is 8.95. The van der Waals surface area contributed by atoms with Gasteiger partial charge in [0.05, 0.1) is 22.0 Å². The Bertz CT molecular complexity index is 1080. The van der Waals surface area contributed by atoms with Crippen molar-refractivity contribution in [3.8, 4) is 0 Å². The number of amides is 2. The highest BCUT2D eigenvalue weighted by Gasteiger charge is 2.31. The number of rotatable bonds is 9. The summed E-state index contributed by atoms with van der Waals surface area (Å²) < 4.78 is 26.0. The van der Waals surface area contributed by atoms with Gasteiger partial charge in [0.1, 0.15) is 12.6 Å². The van der Waals surface area contributed by atoms with Crippen molar-refractivity contribution in [3.63, 3.8) is 0 Å². The van der Waals surface area contributed by atoms with Gasteiger partial charge in [0.25, 0.3) is 0 Å². The standard InChI is InChI=1S/C22H27Cl2N3O4S/c1-5-20(22(29)25-3)26(13-16-8-6-15(2)7-9-16)21(28)14-27(32(4,30)31)17-10-11-18(23)19(24)12-17/h6-12,20H,5,13-14H2,1-4H3,(H,25,29)/t20-/m1/s1. The molecule has 1 atom stereocenters. The van der Waals surface area contributed by atoms with Crippen LogP contribution in [0.25, 0.3) is 0 Å². The Labute approximate surface area is 199 Å². The first-order chi connectivity index (χ1) is 15.0. The summed E-state index contributed by atoms with van der Waals surface area (Å²) in [4.78, 5) is 27.3. The average Bonchev–Trinajstić information content (AvgIpc) is 2.74. The molecule has 0 bridgehead atoms. The van der Waals surface area contributed by atoms with Crippen molar-refractivity contribution in [2.75, 3.05) is 24.2 Å². The molecule has 0 aliphatic rings. The summed E-state index contributed by atoms with van der Waals surface area (Å²) in [7, 11) is -2.33. The van der Waals surface area contributed by atoms with Gasteiger partial charge in [-0.05, 0) is 37.1 Å². The zero-order valence-corrected chi connectivity index (χ0v) is 20.8. The molecule has 2 amide bonds. The van der Waals surface area contributed by atoms with Gasteiger partial charge in [-0.25, -0.2) is 8.42 Å². The number of likely N-dealkylation sites (N-methyl/N-ethyl adjacent to an activating group) is 1. The Hall–Kier alpha value is -2.29. The van der Waals surface area contributed by atoms with Crippen LogP contribution in [-0.2, 0) is 26.2 Å². The van der Waals surface area contributed by atoms with E-state index in [1.807, 2.05) is 31.2 Å². The van der Waals surface area contributed by atoms with Crippen molar-refractivity contribution >= 4 is 50.7 Å². The van der Waals surface area contributed by atoms with Gasteiger partial charge in [0.2, 0.25) is 21.8 Å². The van der Waals surface area contributed by atoms with Gasteiger partial charge in [-0.15, -0.1) is 0 Å². The van der Waals surface area contributed by atoms with Gasteiger partial charge in [-0.1, -0.05) is 60.0 Å². The summed E-state index contributed by atoms with van der Waals surface area (Å²) in [5, 5.41) is 3.01. The Balaban J connectivity index is 2.43. The molecule has 0 aromatic heterocycles. The number of anilines is 1. The molecule has 2 aromatic carbocycles. The maximum absolute atomic E-state index is 13.4. The second-order valence-corrected chi connectivity index (χ2v) is 10.1. The fourth-order valence-electron chi connectivity index (χ4n) is 3.23. The fourth-order valence-corrected chi connectivity index (χ4v) is 4.36. The second-order valence-electron chi connectivity index (χ2n) is 7.41. The maximum Gasteiger partial charge on any atom is 0.244 e. The number of hydrogen-bond acceptors (Lipinski definition) is 4. The molecule has 0 saturated heterocycles. The van der Waals surface area contributed by atoms with Gasteiger partial charge in [0, 0.05) is 13.6 Å². The van der Waals surface area contributed by atoms with E-state index in [-0.39, 0.29) is 28.2 Å². The third-order valence-electron chi connectivity index (χ3n) is 4.98. The Morgan fingerprint density at radius 3 is 2.19 bits per heavy atom. The molecule has 32 heavy (non-hydrogen) atoms. The number of carbonyl (C=O) groups is 2. The Morgan fingerprint density at radius 2 is 1.69 bits per heavy atom. The molecule has 10 heteroatoms. The first kappa shape index (κ1) is 26.0. The maximum atomic E-state index is 13.4. The van der Waals surface area contributed by atoms with Crippen LogP contribution in [-0.4, -0.2) is 51.0 Å². The fraction of sp³-hybridized carbons (Fsp3) is 0.364. The Morgan fingerprint density at radius 1 is 1.06 bits per heavy atom. The van der Waals surface area contributed by atoms with E-state index in [2.05, 4.69) is 5.32 Å². The lowest BCUT2D eigenvalue weighted by Gasteiger charge is -2.32. The molecule has 0 unspecified atom stereocenters. The second kappa shape index (κ2) is 11.0. The lowest BCUT2D eigenvalue weighted by Crippen LogP contribution is -2.51. The SMILES string of the molecule is CC[C@H](C(=O)NC)N(Cc1ccc(C)cc1)C(=O)CN(c1ccc(Cl)c(Cl)c1)S(C)(=O)=O. The van der Waals surface area contributed by atoms with Crippen LogP contribution in [0.15, 0.2) is 42.5 Å². The zero-order chi connectivity index (χ0) is 24.1. The van der Waals surface area contributed by atoms with Gasteiger partial charge < -0.3 is 10.2 Å². The minimum absolute atomic E-state index is 0.157. The molecular weight excluding hydrogens is 473 g/mol. The number of hydrogen-bond donors (Lipinski definition) is 1. The third kappa shape index (κ3) is 6.60. The summed E-state index contributed by atoms with van der Waals surface area (Å²) in [6.07, 6.45) is 1.37. The summed E-state index contributed by atoms with van der Waals surface area (Å²) in [6, 6.07) is 11.1. The topological polar surface area (TPSA) is 86.8 Å². The van der Waals surface area contributed by atoms with Crippen molar-refractivity contribution in [3.05, 3.63) is 63.6 Å². The lowest BCUT2D eigenvalue weighted by molar-refractivity contribution is -0.140. The quantitative estimate of drug-likeness (QED) is 0.570. The number of aryl methyl sites for hydroxylation is 1. The molecule has 0 aliphatic heterocycles. The number of halogens is 2. The number of sulfonamides is 1. The van der Waals surface area contributed by atoms with E-state index in [0.717, 1.165) is 21.7 Å². The normalized spacial score (nSPS) is 12.2. The molecule has 2 aromatic rings. The zero-order valence-electron chi connectivity index (χ0n) is 18.4. The summed E-state index contributed by atoms with van der Waals surface area (Å²) in [5.74, 6) is -0.842. The molecule has 0 radical (unpaired) electrons.